The Morgan fingerprint density at radius 3 is 2.09 bits per heavy atom. The van der Waals surface area contributed by atoms with Crippen molar-refractivity contribution in [2.45, 2.75) is 83.7 Å². The summed E-state index contributed by atoms with van der Waals surface area (Å²) in [6.45, 7) is 9.46. The summed E-state index contributed by atoms with van der Waals surface area (Å²) in [6, 6.07) is 21.8. The first-order valence-corrected chi connectivity index (χ1v) is 13.6. The van der Waals surface area contributed by atoms with Crippen LogP contribution in [0, 0.1) is 0 Å². The number of para-hydroxylation sites is 1. The molecule has 1 heterocycles. The summed E-state index contributed by atoms with van der Waals surface area (Å²) in [5.41, 5.74) is 4.86. The molecule has 0 unspecified atom stereocenters. The lowest BCUT2D eigenvalue weighted by Gasteiger charge is -2.37. The number of rotatable bonds is 7. The van der Waals surface area contributed by atoms with Crippen LogP contribution in [0.15, 0.2) is 66.0 Å². The molecule has 1 aliphatic rings. The van der Waals surface area contributed by atoms with E-state index in [0.717, 1.165) is 31.4 Å². The monoisotopic (exact) mass is 474 g/mol. The number of thiophene rings is 1. The van der Waals surface area contributed by atoms with E-state index in [1.165, 1.54) is 21.6 Å². The zero-order chi connectivity index (χ0) is 24.1. The minimum absolute atomic E-state index is 0.0339. The number of nitrogens with one attached hydrogen (secondary N) is 1. The van der Waals surface area contributed by atoms with E-state index in [2.05, 4.69) is 104 Å². The Balaban J connectivity index is 1.56. The second-order valence-electron chi connectivity index (χ2n) is 10.2. The van der Waals surface area contributed by atoms with E-state index in [-0.39, 0.29) is 12.1 Å². The predicted octanol–water partition coefficient (Wildman–Crippen LogP) is 8.76. The number of hydrogen-bond acceptors (Lipinski definition) is 2. The third-order valence-corrected chi connectivity index (χ3v) is 8.04. The fourth-order valence-corrected chi connectivity index (χ4v) is 5.96. The second kappa shape index (κ2) is 11.2. The van der Waals surface area contributed by atoms with E-state index < -0.39 is 0 Å². The van der Waals surface area contributed by atoms with Crippen molar-refractivity contribution in [2.24, 2.45) is 0 Å². The van der Waals surface area contributed by atoms with Crippen molar-refractivity contribution in [3.63, 3.8) is 0 Å². The minimum Gasteiger partial charge on any atom is -0.316 e. The van der Waals surface area contributed by atoms with Crippen LogP contribution < -0.4 is 5.32 Å². The van der Waals surface area contributed by atoms with Crippen LogP contribution in [0.25, 0.3) is 0 Å². The number of benzene rings is 2. The summed E-state index contributed by atoms with van der Waals surface area (Å²) in [7, 11) is 0. The first kappa shape index (κ1) is 24.5. The molecular weight excluding hydrogens is 436 g/mol. The van der Waals surface area contributed by atoms with E-state index in [4.69, 9.17) is 0 Å². The summed E-state index contributed by atoms with van der Waals surface area (Å²) < 4.78 is 0. The Labute approximate surface area is 209 Å². The summed E-state index contributed by atoms with van der Waals surface area (Å²) in [5, 5.41) is 5.49. The quantitative estimate of drug-likeness (QED) is 0.365. The minimum atomic E-state index is 0.0339. The number of carbonyl (C=O) groups is 1. The Kier molecular flexibility index (Phi) is 8.10. The van der Waals surface area contributed by atoms with Gasteiger partial charge in [-0.15, -0.1) is 11.3 Å². The molecule has 0 atom stereocenters. The SMILES string of the molecule is CC(C)c1cccc(C(C)C)c1NC(=O)N(Cc1cccs1)C1CCC(c2ccccc2)CC1. The molecule has 0 spiro atoms. The maximum atomic E-state index is 13.9. The highest BCUT2D eigenvalue weighted by atomic mass is 32.1. The third-order valence-electron chi connectivity index (χ3n) is 7.18. The van der Waals surface area contributed by atoms with Gasteiger partial charge in [-0.2, -0.15) is 0 Å². The van der Waals surface area contributed by atoms with Gasteiger partial charge in [0.15, 0.2) is 0 Å². The number of hydrogen-bond donors (Lipinski definition) is 1. The van der Waals surface area contributed by atoms with Crippen LogP contribution in [-0.4, -0.2) is 17.0 Å². The maximum absolute atomic E-state index is 13.9. The molecule has 1 N–H and O–H groups in total. The average Bonchev–Trinajstić information content (AvgIpc) is 3.36. The standard InChI is InChI=1S/C30H38N2OS/c1-21(2)27-13-8-14-28(22(3)4)29(27)31-30(33)32(20-26-12-9-19-34-26)25-17-15-24(16-18-25)23-10-6-5-7-11-23/h5-14,19,21-22,24-25H,15-18,20H2,1-4H3,(H,31,33). The fraction of sp³-hybridized carbons (Fsp3) is 0.433. The van der Waals surface area contributed by atoms with Gasteiger partial charge in [0.1, 0.15) is 0 Å². The van der Waals surface area contributed by atoms with Crippen LogP contribution in [-0.2, 0) is 6.54 Å². The van der Waals surface area contributed by atoms with Crippen molar-refractivity contribution < 1.29 is 4.79 Å². The van der Waals surface area contributed by atoms with E-state index in [1.54, 1.807) is 11.3 Å². The molecule has 4 heteroatoms. The third kappa shape index (κ3) is 5.72. The number of amides is 2. The zero-order valence-electron chi connectivity index (χ0n) is 21.0. The van der Waals surface area contributed by atoms with E-state index in [9.17, 15) is 4.79 Å². The normalized spacial score (nSPS) is 18.3. The highest BCUT2D eigenvalue weighted by molar-refractivity contribution is 7.09. The lowest BCUT2D eigenvalue weighted by Crippen LogP contribution is -2.44. The largest absolute Gasteiger partial charge is 0.322 e. The molecule has 1 saturated carbocycles. The highest BCUT2D eigenvalue weighted by Gasteiger charge is 2.30. The van der Waals surface area contributed by atoms with Crippen LogP contribution in [0.1, 0.15) is 92.7 Å². The molecule has 3 aromatic rings. The topological polar surface area (TPSA) is 32.3 Å². The van der Waals surface area contributed by atoms with Gasteiger partial charge in [-0.25, -0.2) is 4.79 Å². The molecule has 1 fully saturated rings. The zero-order valence-corrected chi connectivity index (χ0v) is 21.8. The molecule has 1 aromatic heterocycles. The molecule has 180 valence electrons. The van der Waals surface area contributed by atoms with Crippen LogP contribution in [0.2, 0.25) is 0 Å². The van der Waals surface area contributed by atoms with Crippen LogP contribution in [0.5, 0.6) is 0 Å². The Bertz CT molecular complexity index is 1020. The molecule has 0 saturated heterocycles. The molecule has 3 nitrogen and oxygen atoms in total. The van der Waals surface area contributed by atoms with E-state index in [0.29, 0.717) is 24.3 Å². The first-order valence-electron chi connectivity index (χ1n) is 12.7. The summed E-state index contributed by atoms with van der Waals surface area (Å²) in [5.74, 6) is 1.29. The fourth-order valence-electron chi connectivity index (χ4n) is 5.26. The van der Waals surface area contributed by atoms with Gasteiger partial charge in [0.25, 0.3) is 0 Å². The highest BCUT2D eigenvalue weighted by Crippen LogP contribution is 2.37. The van der Waals surface area contributed by atoms with Crippen molar-refractivity contribution in [1.29, 1.82) is 0 Å². The van der Waals surface area contributed by atoms with Gasteiger partial charge >= 0.3 is 6.03 Å². The molecule has 2 aromatic carbocycles. The van der Waals surface area contributed by atoms with Gasteiger partial charge < -0.3 is 10.2 Å². The van der Waals surface area contributed by atoms with Crippen molar-refractivity contribution in [3.05, 3.63) is 87.6 Å². The van der Waals surface area contributed by atoms with Gasteiger partial charge in [0.05, 0.1) is 6.54 Å². The lowest BCUT2D eigenvalue weighted by molar-refractivity contribution is 0.159. The van der Waals surface area contributed by atoms with Crippen molar-refractivity contribution >= 4 is 23.1 Å². The van der Waals surface area contributed by atoms with Gasteiger partial charge in [0.2, 0.25) is 0 Å². The molecule has 0 bridgehead atoms. The lowest BCUT2D eigenvalue weighted by atomic mass is 9.81. The summed E-state index contributed by atoms with van der Waals surface area (Å²) in [4.78, 5) is 17.2. The van der Waals surface area contributed by atoms with Gasteiger partial charge in [-0.05, 0) is 71.6 Å². The molecular formula is C30H38N2OS. The van der Waals surface area contributed by atoms with Crippen molar-refractivity contribution in [1.82, 2.24) is 4.90 Å². The Morgan fingerprint density at radius 2 is 1.53 bits per heavy atom. The van der Waals surface area contributed by atoms with Crippen LogP contribution in [0.4, 0.5) is 10.5 Å². The van der Waals surface area contributed by atoms with Crippen LogP contribution in [0.3, 0.4) is 0 Å². The van der Waals surface area contributed by atoms with Crippen molar-refractivity contribution in [2.75, 3.05) is 5.32 Å². The van der Waals surface area contributed by atoms with Gasteiger partial charge in [-0.3, -0.25) is 0 Å². The molecule has 0 aliphatic heterocycles. The molecule has 4 rings (SSSR count). The second-order valence-corrected chi connectivity index (χ2v) is 11.2. The molecule has 2 amide bonds. The maximum Gasteiger partial charge on any atom is 0.322 e. The number of nitrogens with zero attached hydrogens (tertiary/aromatic N) is 1. The predicted molar refractivity (Wildman–Crippen MR) is 145 cm³/mol. The number of urea groups is 1. The Morgan fingerprint density at radius 1 is 0.882 bits per heavy atom. The smallest absolute Gasteiger partial charge is 0.316 e. The number of anilines is 1. The molecule has 1 aliphatic carbocycles. The summed E-state index contributed by atoms with van der Waals surface area (Å²) in [6.07, 6.45) is 4.34. The van der Waals surface area contributed by atoms with E-state index >= 15 is 0 Å². The van der Waals surface area contributed by atoms with Gasteiger partial charge in [-0.1, -0.05) is 82.3 Å². The number of carbonyl (C=O) groups excluding carboxylic acids is 1. The van der Waals surface area contributed by atoms with Crippen LogP contribution >= 0.6 is 11.3 Å². The Hall–Kier alpha value is -2.59. The van der Waals surface area contributed by atoms with E-state index in [1.807, 2.05) is 0 Å². The molecule has 0 radical (unpaired) electrons. The molecule has 34 heavy (non-hydrogen) atoms. The average molecular weight is 475 g/mol. The first-order chi connectivity index (χ1) is 16.4. The van der Waals surface area contributed by atoms with Gasteiger partial charge in [0, 0.05) is 16.6 Å². The summed E-state index contributed by atoms with van der Waals surface area (Å²) >= 11 is 1.73. The van der Waals surface area contributed by atoms with Crippen molar-refractivity contribution in [3.8, 4) is 0 Å².